The Hall–Kier alpha value is -1.14. The molecule has 0 bridgehead atoms. The third-order valence-corrected chi connectivity index (χ3v) is 5.60. The van der Waals surface area contributed by atoms with Gasteiger partial charge in [0.15, 0.2) is 5.65 Å². The van der Waals surface area contributed by atoms with Crippen LogP contribution in [0.1, 0.15) is 18.7 Å². The quantitative estimate of drug-likeness (QED) is 0.793. The maximum Gasteiger partial charge on any atom is 0.161 e. The summed E-state index contributed by atoms with van der Waals surface area (Å²) >= 11 is 6.15. The number of aromatic nitrogens is 3. The van der Waals surface area contributed by atoms with Gasteiger partial charge >= 0.3 is 0 Å². The minimum absolute atomic E-state index is 0.280. The van der Waals surface area contributed by atoms with Crippen molar-refractivity contribution in [1.29, 1.82) is 0 Å². The largest absolute Gasteiger partial charge is 0.269 e. The van der Waals surface area contributed by atoms with E-state index in [2.05, 4.69) is 10.2 Å². The molecule has 0 amide bonds. The van der Waals surface area contributed by atoms with Crippen molar-refractivity contribution in [3.05, 3.63) is 29.2 Å². The first kappa shape index (κ1) is 12.9. The smallest absolute Gasteiger partial charge is 0.161 e. The van der Waals surface area contributed by atoms with Crippen LogP contribution in [0, 0.1) is 5.92 Å². The van der Waals surface area contributed by atoms with E-state index in [1.54, 1.807) is 6.07 Å². The first-order valence-corrected chi connectivity index (χ1v) is 8.44. The summed E-state index contributed by atoms with van der Waals surface area (Å²) in [4.78, 5) is 0. The molecule has 1 aliphatic rings. The molecule has 1 fully saturated rings. The van der Waals surface area contributed by atoms with E-state index < -0.39 is 9.84 Å². The van der Waals surface area contributed by atoms with Gasteiger partial charge in [-0.3, -0.25) is 4.40 Å². The van der Waals surface area contributed by atoms with Crippen LogP contribution in [-0.4, -0.2) is 34.5 Å². The van der Waals surface area contributed by atoms with Crippen LogP contribution in [0.4, 0.5) is 0 Å². The fourth-order valence-corrected chi connectivity index (χ4v) is 4.34. The Morgan fingerprint density at radius 3 is 2.74 bits per heavy atom. The molecule has 3 rings (SSSR count). The standard InChI is InChI=1S/C12H14ClN3O2S/c13-10-2-1-3-11-14-15-12(16(10)11)8-9-4-6-19(17,18)7-5-9/h1-3,9H,4-8H2. The van der Waals surface area contributed by atoms with Gasteiger partial charge in [0.25, 0.3) is 0 Å². The molecule has 7 heteroatoms. The molecule has 1 saturated heterocycles. The molecule has 19 heavy (non-hydrogen) atoms. The Balaban J connectivity index is 1.83. The molecule has 0 unspecified atom stereocenters. The lowest BCUT2D eigenvalue weighted by molar-refractivity contribution is 0.452. The second kappa shape index (κ2) is 4.76. The SMILES string of the molecule is O=S1(=O)CCC(Cc2nnc3cccc(Cl)n23)CC1. The zero-order valence-corrected chi connectivity index (χ0v) is 11.9. The third-order valence-electron chi connectivity index (χ3n) is 3.59. The molecular formula is C12H14ClN3O2S. The number of nitrogens with zero attached hydrogens (tertiary/aromatic N) is 3. The van der Waals surface area contributed by atoms with Gasteiger partial charge in [0.2, 0.25) is 0 Å². The number of sulfone groups is 1. The molecule has 0 saturated carbocycles. The van der Waals surface area contributed by atoms with Crippen molar-refractivity contribution < 1.29 is 8.42 Å². The van der Waals surface area contributed by atoms with Crippen LogP contribution in [0.15, 0.2) is 18.2 Å². The minimum Gasteiger partial charge on any atom is -0.269 e. The van der Waals surface area contributed by atoms with Gasteiger partial charge in [-0.05, 0) is 30.9 Å². The van der Waals surface area contributed by atoms with Gasteiger partial charge in [0.1, 0.15) is 20.8 Å². The maximum absolute atomic E-state index is 11.4. The molecule has 0 aliphatic carbocycles. The van der Waals surface area contributed by atoms with Crippen LogP contribution in [0.25, 0.3) is 5.65 Å². The highest BCUT2D eigenvalue weighted by atomic mass is 35.5. The number of pyridine rings is 1. The van der Waals surface area contributed by atoms with Crippen LogP contribution >= 0.6 is 11.6 Å². The average molecular weight is 300 g/mol. The number of fused-ring (bicyclic) bond motifs is 1. The molecule has 0 atom stereocenters. The van der Waals surface area contributed by atoms with E-state index >= 15 is 0 Å². The highest BCUT2D eigenvalue weighted by Crippen LogP contribution is 2.23. The van der Waals surface area contributed by atoms with Crippen LogP contribution in [0.2, 0.25) is 5.15 Å². The van der Waals surface area contributed by atoms with Gasteiger partial charge in [-0.1, -0.05) is 17.7 Å². The van der Waals surface area contributed by atoms with Crippen LogP contribution in [-0.2, 0) is 16.3 Å². The van der Waals surface area contributed by atoms with E-state index in [4.69, 9.17) is 11.6 Å². The predicted molar refractivity (Wildman–Crippen MR) is 73.1 cm³/mol. The predicted octanol–water partition coefficient (Wildman–Crippen LogP) is 1.75. The van der Waals surface area contributed by atoms with Crippen molar-refractivity contribution in [1.82, 2.24) is 14.6 Å². The average Bonchev–Trinajstić information content (AvgIpc) is 2.77. The highest BCUT2D eigenvalue weighted by Gasteiger charge is 2.25. The van der Waals surface area contributed by atoms with Gasteiger partial charge in [-0.25, -0.2) is 8.42 Å². The summed E-state index contributed by atoms with van der Waals surface area (Å²) in [5.74, 6) is 1.71. The first-order valence-electron chi connectivity index (χ1n) is 6.24. The number of hydrogen-bond donors (Lipinski definition) is 0. The summed E-state index contributed by atoms with van der Waals surface area (Å²) in [5.41, 5.74) is 0.728. The second-order valence-corrected chi connectivity index (χ2v) is 7.65. The Morgan fingerprint density at radius 2 is 2.00 bits per heavy atom. The molecule has 2 aromatic heterocycles. The molecule has 5 nitrogen and oxygen atoms in total. The number of halogens is 1. The number of hydrogen-bond acceptors (Lipinski definition) is 4. The monoisotopic (exact) mass is 299 g/mol. The lowest BCUT2D eigenvalue weighted by Crippen LogP contribution is -2.25. The summed E-state index contributed by atoms with van der Waals surface area (Å²) < 4.78 is 24.6. The van der Waals surface area contributed by atoms with Gasteiger partial charge in [0, 0.05) is 6.42 Å². The topological polar surface area (TPSA) is 64.3 Å². The number of rotatable bonds is 2. The van der Waals surface area contributed by atoms with Crippen molar-refractivity contribution in [2.45, 2.75) is 19.3 Å². The lowest BCUT2D eigenvalue weighted by atomic mass is 9.98. The fraction of sp³-hybridized carbons (Fsp3) is 0.500. The normalized spacial score (nSPS) is 19.8. The van der Waals surface area contributed by atoms with E-state index in [1.807, 2.05) is 16.5 Å². The summed E-state index contributed by atoms with van der Waals surface area (Å²) in [5, 5.41) is 8.83. The van der Waals surface area contributed by atoms with Crippen molar-refractivity contribution in [3.8, 4) is 0 Å². The molecule has 102 valence electrons. The van der Waals surface area contributed by atoms with Crippen LogP contribution in [0.3, 0.4) is 0 Å². The third kappa shape index (κ3) is 2.60. The van der Waals surface area contributed by atoms with Gasteiger partial charge in [-0.15, -0.1) is 10.2 Å². The van der Waals surface area contributed by atoms with Gasteiger partial charge < -0.3 is 0 Å². The van der Waals surface area contributed by atoms with E-state index in [0.717, 1.165) is 17.9 Å². The van der Waals surface area contributed by atoms with E-state index in [0.29, 0.717) is 23.9 Å². The van der Waals surface area contributed by atoms with Crippen molar-refractivity contribution in [2.24, 2.45) is 5.92 Å². The van der Waals surface area contributed by atoms with Gasteiger partial charge in [-0.2, -0.15) is 0 Å². The van der Waals surface area contributed by atoms with E-state index in [9.17, 15) is 8.42 Å². The molecule has 0 radical (unpaired) electrons. The van der Waals surface area contributed by atoms with Crippen molar-refractivity contribution in [2.75, 3.05) is 11.5 Å². The van der Waals surface area contributed by atoms with E-state index in [1.165, 1.54) is 0 Å². The van der Waals surface area contributed by atoms with E-state index in [-0.39, 0.29) is 11.5 Å². The molecule has 2 aromatic rings. The Labute approximate surface area is 116 Å². The molecule has 3 heterocycles. The molecule has 1 aliphatic heterocycles. The van der Waals surface area contributed by atoms with Crippen molar-refractivity contribution >= 4 is 27.1 Å². The Kier molecular flexibility index (Phi) is 3.22. The summed E-state index contributed by atoms with van der Waals surface area (Å²) in [6.07, 6.45) is 2.11. The molecule has 0 aromatic carbocycles. The zero-order chi connectivity index (χ0) is 13.5. The van der Waals surface area contributed by atoms with Crippen molar-refractivity contribution in [3.63, 3.8) is 0 Å². The Bertz CT molecular complexity index is 697. The first-order chi connectivity index (χ1) is 9.05. The highest BCUT2D eigenvalue weighted by molar-refractivity contribution is 7.91. The Morgan fingerprint density at radius 1 is 1.26 bits per heavy atom. The summed E-state index contributed by atoms with van der Waals surface area (Å²) in [7, 11) is -2.81. The van der Waals surface area contributed by atoms with Crippen LogP contribution < -0.4 is 0 Å². The fourth-order valence-electron chi connectivity index (χ4n) is 2.49. The lowest BCUT2D eigenvalue weighted by Gasteiger charge is -2.21. The zero-order valence-electron chi connectivity index (χ0n) is 10.3. The minimum atomic E-state index is -2.81. The molecule has 0 spiro atoms. The summed E-state index contributed by atoms with van der Waals surface area (Å²) in [6.45, 7) is 0. The maximum atomic E-state index is 11.4. The summed E-state index contributed by atoms with van der Waals surface area (Å²) in [6, 6.07) is 5.49. The van der Waals surface area contributed by atoms with Gasteiger partial charge in [0.05, 0.1) is 11.5 Å². The van der Waals surface area contributed by atoms with Crippen LogP contribution in [0.5, 0.6) is 0 Å². The molecule has 0 N–H and O–H groups in total. The molecular weight excluding hydrogens is 286 g/mol. The second-order valence-electron chi connectivity index (χ2n) is 4.96.